The second-order valence-electron chi connectivity index (χ2n) is 8.96. The fourth-order valence-corrected chi connectivity index (χ4v) is 5.94. The van der Waals surface area contributed by atoms with E-state index < -0.39 is 0 Å². The molecule has 0 bridgehead atoms. The Morgan fingerprint density at radius 2 is 1.62 bits per heavy atom. The van der Waals surface area contributed by atoms with Gasteiger partial charge in [-0.15, -0.1) is 0 Å². The molecular weight excluding hydrogens is 504 g/mol. The number of halogens is 1. The lowest BCUT2D eigenvalue weighted by Gasteiger charge is -2.29. The molecule has 172 valence electrons. The summed E-state index contributed by atoms with van der Waals surface area (Å²) in [5.41, 5.74) is 9.25. The summed E-state index contributed by atoms with van der Waals surface area (Å²) in [6, 6.07) is 23.2. The minimum Gasteiger partial charge on any atom is -0.351 e. The summed E-state index contributed by atoms with van der Waals surface area (Å²) in [6.07, 6.45) is 1.85. The maximum atomic E-state index is 5.93. The number of nitrogens with one attached hydrogen (secondary N) is 1. The zero-order valence-electron chi connectivity index (χ0n) is 19.7. The van der Waals surface area contributed by atoms with Crippen molar-refractivity contribution in [2.24, 2.45) is 0 Å². The number of hydrogen-bond donors (Lipinski definition) is 1. The number of rotatable bonds is 4. The van der Waals surface area contributed by atoms with Crippen molar-refractivity contribution in [1.29, 1.82) is 0 Å². The summed E-state index contributed by atoms with van der Waals surface area (Å²) in [6.45, 7) is 8.62. The molecular formula is C28H27BrN4S. The Bertz CT molecular complexity index is 1360. The second-order valence-corrected chi connectivity index (χ2v) is 10.2. The highest BCUT2D eigenvalue weighted by Gasteiger charge is 2.42. The van der Waals surface area contributed by atoms with Crippen molar-refractivity contribution in [2.45, 2.75) is 39.8 Å². The molecule has 1 aliphatic rings. The number of benzene rings is 2. The Balaban J connectivity index is 1.71. The summed E-state index contributed by atoms with van der Waals surface area (Å²) in [5.74, 6) is 0. The van der Waals surface area contributed by atoms with Gasteiger partial charge in [0.25, 0.3) is 0 Å². The van der Waals surface area contributed by atoms with Crippen molar-refractivity contribution in [3.63, 3.8) is 0 Å². The predicted molar refractivity (Wildman–Crippen MR) is 147 cm³/mol. The van der Waals surface area contributed by atoms with E-state index >= 15 is 0 Å². The minimum atomic E-state index is -0.0670. The largest absolute Gasteiger partial charge is 0.351 e. The van der Waals surface area contributed by atoms with E-state index in [1.54, 1.807) is 0 Å². The molecule has 1 aliphatic heterocycles. The standard InChI is InChI=1S/C28H27BrN4S/c1-17-13-18(2)15-21(14-17)33-27(26(31-28(33)34)24-10-7-8-12-30-24)22-16-19(3)32(20(22)4)25-11-6-5-9-23(25)29/h5-16,26-27H,1-4H3,(H,31,34)/t26-,27-/m1/s1. The van der Waals surface area contributed by atoms with Crippen LogP contribution >= 0.6 is 28.1 Å². The number of aryl methyl sites for hydroxylation is 3. The van der Waals surface area contributed by atoms with Gasteiger partial charge in [-0.1, -0.05) is 24.3 Å². The minimum absolute atomic E-state index is 0.0361. The molecule has 0 amide bonds. The number of hydrogen-bond acceptors (Lipinski definition) is 2. The number of pyridine rings is 1. The molecule has 6 heteroatoms. The molecule has 0 aliphatic carbocycles. The molecule has 1 saturated heterocycles. The Morgan fingerprint density at radius 1 is 0.912 bits per heavy atom. The van der Waals surface area contributed by atoms with E-state index in [1.807, 2.05) is 24.4 Å². The van der Waals surface area contributed by atoms with Gasteiger partial charge in [-0.05, 0) is 115 Å². The molecule has 1 fully saturated rings. The maximum Gasteiger partial charge on any atom is 0.174 e. The average molecular weight is 532 g/mol. The highest BCUT2D eigenvalue weighted by Crippen LogP contribution is 2.44. The van der Waals surface area contributed by atoms with E-state index in [9.17, 15) is 0 Å². The summed E-state index contributed by atoms with van der Waals surface area (Å²) in [5, 5.41) is 4.31. The van der Waals surface area contributed by atoms with Gasteiger partial charge in [0.1, 0.15) is 0 Å². The third-order valence-corrected chi connectivity index (χ3v) is 7.45. The summed E-state index contributed by atoms with van der Waals surface area (Å²) in [7, 11) is 0. The second kappa shape index (κ2) is 9.01. The fourth-order valence-electron chi connectivity index (χ4n) is 5.13. The van der Waals surface area contributed by atoms with Crippen LogP contribution in [0.2, 0.25) is 0 Å². The molecule has 0 unspecified atom stereocenters. The first-order valence-corrected chi connectivity index (χ1v) is 12.6. The monoisotopic (exact) mass is 530 g/mol. The van der Waals surface area contributed by atoms with Crippen molar-refractivity contribution in [2.75, 3.05) is 4.90 Å². The van der Waals surface area contributed by atoms with E-state index in [0.29, 0.717) is 0 Å². The zero-order valence-corrected chi connectivity index (χ0v) is 22.1. The van der Waals surface area contributed by atoms with Crippen LogP contribution in [-0.4, -0.2) is 14.7 Å². The molecule has 2 atom stereocenters. The number of nitrogens with zero attached hydrogens (tertiary/aromatic N) is 3. The first kappa shape index (κ1) is 22.8. The smallest absolute Gasteiger partial charge is 0.174 e. The lowest BCUT2D eigenvalue weighted by atomic mass is 9.96. The Kier molecular flexibility index (Phi) is 6.04. The van der Waals surface area contributed by atoms with Gasteiger partial charge in [0, 0.05) is 27.7 Å². The van der Waals surface area contributed by atoms with Gasteiger partial charge in [-0.2, -0.15) is 0 Å². The van der Waals surface area contributed by atoms with Crippen LogP contribution in [0.15, 0.2) is 77.4 Å². The van der Waals surface area contributed by atoms with Crippen molar-refractivity contribution in [3.05, 3.63) is 111 Å². The molecule has 0 spiro atoms. The number of para-hydroxylation sites is 1. The van der Waals surface area contributed by atoms with Crippen molar-refractivity contribution in [1.82, 2.24) is 14.9 Å². The molecule has 4 aromatic rings. The average Bonchev–Trinajstić information content (AvgIpc) is 3.29. The maximum absolute atomic E-state index is 5.93. The van der Waals surface area contributed by atoms with E-state index in [-0.39, 0.29) is 12.1 Å². The van der Waals surface area contributed by atoms with Gasteiger partial charge < -0.3 is 14.8 Å². The van der Waals surface area contributed by atoms with Crippen LogP contribution in [0.4, 0.5) is 5.69 Å². The lowest BCUT2D eigenvalue weighted by molar-refractivity contribution is 0.565. The topological polar surface area (TPSA) is 33.1 Å². The molecule has 2 aromatic carbocycles. The van der Waals surface area contributed by atoms with Gasteiger partial charge >= 0.3 is 0 Å². The van der Waals surface area contributed by atoms with Gasteiger partial charge in [0.15, 0.2) is 5.11 Å². The van der Waals surface area contributed by atoms with Crippen LogP contribution in [-0.2, 0) is 0 Å². The third-order valence-electron chi connectivity index (χ3n) is 6.46. The lowest BCUT2D eigenvalue weighted by Crippen LogP contribution is -2.29. The van der Waals surface area contributed by atoms with Crippen molar-refractivity contribution < 1.29 is 0 Å². The zero-order chi connectivity index (χ0) is 24.0. The van der Waals surface area contributed by atoms with Crippen LogP contribution < -0.4 is 10.2 Å². The highest BCUT2D eigenvalue weighted by molar-refractivity contribution is 9.10. The van der Waals surface area contributed by atoms with Gasteiger partial charge in [0.2, 0.25) is 0 Å². The van der Waals surface area contributed by atoms with Gasteiger partial charge in [-0.25, -0.2) is 0 Å². The van der Waals surface area contributed by atoms with E-state index in [4.69, 9.17) is 17.2 Å². The molecule has 0 radical (unpaired) electrons. The van der Waals surface area contributed by atoms with Crippen LogP contribution in [0.5, 0.6) is 0 Å². The Hall–Kier alpha value is -2.96. The summed E-state index contributed by atoms with van der Waals surface area (Å²) in [4.78, 5) is 6.97. The first-order valence-electron chi connectivity index (χ1n) is 11.4. The fraction of sp³-hybridized carbons (Fsp3) is 0.214. The van der Waals surface area contributed by atoms with Crippen molar-refractivity contribution in [3.8, 4) is 5.69 Å². The van der Waals surface area contributed by atoms with E-state index in [0.717, 1.165) is 26.7 Å². The first-order chi connectivity index (χ1) is 16.3. The quantitative estimate of drug-likeness (QED) is 0.286. The highest BCUT2D eigenvalue weighted by atomic mass is 79.9. The van der Waals surface area contributed by atoms with Gasteiger partial charge in [-0.3, -0.25) is 4.98 Å². The molecule has 2 aromatic heterocycles. The molecule has 3 heterocycles. The summed E-state index contributed by atoms with van der Waals surface area (Å²) >= 11 is 9.68. The molecule has 4 nitrogen and oxygen atoms in total. The van der Waals surface area contributed by atoms with Crippen LogP contribution in [0, 0.1) is 27.7 Å². The van der Waals surface area contributed by atoms with Crippen LogP contribution in [0.1, 0.15) is 45.9 Å². The molecule has 5 rings (SSSR count). The number of thiocarbonyl (C=S) groups is 1. The SMILES string of the molecule is Cc1cc(C)cc(N2C(=S)N[C@H](c3ccccn3)[C@H]2c2cc(C)n(-c3ccccc3Br)c2C)c1. The molecule has 1 N–H and O–H groups in total. The van der Waals surface area contributed by atoms with E-state index in [2.05, 4.69) is 107 Å². The number of anilines is 1. The number of aromatic nitrogens is 2. The molecule has 0 saturated carbocycles. The normalized spacial score (nSPS) is 17.8. The van der Waals surface area contributed by atoms with E-state index in [1.165, 1.54) is 28.1 Å². The van der Waals surface area contributed by atoms with Crippen LogP contribution in [0.3, 0.4) is 0 Å². The van der Waals surface area contributed by atoms with Crippen LogP contribution in [0.25, 0.3) is 5.69 Å². The third kappa shape index (κ3) is 3.95. The Labute approximate surface area is 214 Å². The molecule has 34 heavy (non-hydrogen) atoms. The van der Waals surface area contributed by atoms with Crippen molar-refractivity contribution >= 4 is 38.9 Å². The predicted octanol–water partition coefficient (Wildman–Crippen LogP) is 7.05. The Morgan fingerprint density at radius 3 is 2.29 bits per heavy atom. The van der Waals surface area contributed by atoms with Gasteiger partial charge in [0.05, 0.1) is 23.5 Å². The summed E-state index contributed by atoms with van der Waals surface area (Å²) < 4.78 is 3.38.